The smallest absolute Gasteiger partial charge is 0.160 e. The van der Waals surface area contributed by atoms with Gasteiger partial charge < -0.3 is 0 Å². The summed E-state index contributed by atoms with van der Waals surface area (Å²) in [7, 11) is 0. The van der Waals surface area contributed by atoms with Crippen LogP contribution in [0.25, 0.3) is 88.5 Å². The lowest BCUT2D eigenvalue weighted by Gasteiger charge is -2.12. The van der Waals surface area contributed by atoms with Gasteiger partial charge in [-0.05, 0) is 66.7 Å². The lowest BCUT2D eigenvalue weighted by Crippen LogP contribution is -1.95. The van der Waals surface area contributed by atoms with Crippen molar-refractivity contribution in [3.63, 3.8) is 0 Å². The van der Waals surface area contributed by atoms with Crippen LogP contribution in [-0.2, 0) is 0 Å². The summed E-state index contributed by atoms with van der Waals surface area (Å²) >= 11 is 0. The molecule has 1 heterocycles. The Labute approximate surface area is 279 Å². The van der Waals surface area contributed by atoms with Crippen LogP contribution in [0, 0.1) is 0 Å². The van der Waals surface area contributed by atoms with Crippen molar-refractivity contribution in [3.05, 3.63) is 182 Å². The highest BCUT2D eigenvalue weighted by atomic mass is 14.9. The number of rotatable bonds is 5. The zero-order valence-electron chi connectivity index (χ0n) is 26.2. The largest absolute Gasteiger partial charge is 0.228 e. The Morgan fingerprint density at radius 1 is 0.229 bits per heavy atom. The van der Waals surface area contributed by atoms with Crippen LogP contribution >= 0.6 is 0 Å². The number of aromatic nitrogens is 2. The first-order chi connectivity index (χ1) is 23.8. The minimum Gasteiger partial charge on any atom is -0.228 e. The molecule has 0 saturated carbocycles. The molecule has 1 aromatic heterocycles. The Kier molecular flexibility index (Phi) is 6.84. The minimum absolute atomic E-state index is 0.724. The van der Waals surface area contributed by atoms with Gasteiger partial charge in [0.2, 0.25) is 0 Å². The molecule has 0 unspecified atom stereocenters. The second kappa shape index (κ2) is 11.8. The van der Waals surface area contributed by atoms with Crippen LogP contribution in [-0.4, -0.2) is 9.97 Å². The van der Waals surface area contributed by atoms with Crippen LogP contribution in [0.3, 0.4) is 0 Å². The molecule has 0 radical (unpaired) electrons. The molecule has 9 aromatic rings. The van der Waals surface area contributed by atoms with Gasteiger partial charge >= 0.3 is 0 Å². The molecule has 2 nitrogen and oxygen atoms in total. The van der Waals surface area contributed by atoms with E-state index in [1.807, 2.05) is 36.4 Å². The molecule has 0 saturated heterocycles. The van der Waals surface area contributed by atoms with Gasteiger partial charge in [-0.3, -0.25) is 0 Å². The van der Waals surface area contributed by atoms with Crippen molar-refractivity contribution < 1.29 is 0 Å². The van der Waals surface area contributed by atoms with Gasteiger partial charge in [0.05, 0.1) is 11.4 Å². The van der Waals surface area contributed by atoms with E-state index in [1.165, 1.54) is 54.6 Å². The summed E-state index contributed by atoms with van der Waals surface area (Å²) in [6.07, 6.45) is 0. The Bertz CT molecular complexity index is 2480. The van der Waals surface area contributed by atoms with Crippen molar-refractivity contribution in [1.82, 2.24) is 9.97 Å². The number of nitrogens with zero attached hydrogens (tertiary/aromatic N) is 2. The van der Waals surface area contributed by atoms with E-state index in [9.17, 15) is 0 Å². The molecular formula is C46H30N2. The third-order valence-corrected chi connectivity index (χ3v) is 9.30. The molecular weight excluding hydrogens is 581 g/mol. The average molecular weight is 611 g/mol. The predicted octanol–water partition coefficient (Wildman–Crippen LogP) is 12.3. The molecule has 8 aromatic carbocycles. The molecule has 9 rings (SSSR count). The Hall–Kier alpha value is -6.38. The maximum absolute atomic E-state index is 4.99. The topological polar surface area (TPSA) is 25.8 Å². The van der Waals surface area contributed by atoms with Gasteiger partial charge in [-0.1, -0.05) is 170 Å². The zero-order chi connectivity index (χ0) is 31.9. The molecule has 0 bridgehead atoms. The highest BCUT2D eigenvalue weighted by Gasteiger charge is 2.12. The van der Waals surface area contributed by atoms with E-state index < -0.39 is 0 Å². The Morgan fingerprint density at radius 3 is 1.10 bits per heavy atom. The predicted molar refractivity (Wildman–Crippen MR) is 202 cm³/mol. The summed E-state index contributed by atoms with van der Waals surface area (Å²) in [6.45, 7) is 0. The first-order valence-corrected chi connectivity index (χ1v) is 16.3. The van der Waals surface area contributed by atoms with E-state index in [0.29, 0.717) is 0 Å². The molecule has 2 heteroatoms. The second-order valence-electron chi connectivity index (χ2n) is 12.2. The van der Waals surface area contributed by atoms with E-state index in [2.05, 4.69) is 146 Å². The quantitative estimate of drug-likeness (QED) is 0.181. The second-order valence-corrected chi connectivity index (χ2v) is 12.2. The van der Waals surface area contributed by atoms with Crippen molar-refractivity contribution in [2.24, 2.45) is 0 Å². The summed E-state index contributed by atoms with van der Waals surface area (Å²) in [4.78, 5) is 9.92. The van der Waals surface area contributed by atoms with Crippen molar-refractivity contribution in [2.45, 2.75) is 0 Å². The van der Waals surface area contributed by atoms with Gasteiger partial charge in [0, 0.05) is 16.7 Å². The molecule has 0 aliphatic rings. The van der Waals surface area contributed by atoms with Gasteiger partial charge in [0.25, 0.3) is 0 Å². The Morgan fingerprint density at radius 2 is 0.583 bits per heavy atom. The van der Waals surface area contributed by atoms with Gasteiger partial charge in [-0.15, -0.1) is 0 Å². The average Bonchev–Trinajstić information content (AvgIpc) is 3.18. The molecule has 0 aliphatic heterocycles. The fraction of sp³-hybridized carbons (Fsp3) is 0. The number of hydrogen-bond acceptors (Lipinski definition) is 2. The van der Waals surface area contributed by atoms with Gasteiger partial charge in [0.15, 0.2) is 5.82 Å². The van der Waals surface area contributed by atoms with Crippen LogP contribution < -0.4 is 0 Å². The van der Waals surface area contributed by atoms with Gasteiger partial charge in [-0.2, -0.15) is 0 Å². The maximum atomic E-state index is 4.99. The highest BCUT2D eigenvalue weighted by molar-refractivity contribution is 6.25. The van der Waals surface area contributed by atoms with Crippen LogP contribution in [0.1, 0.15) is 0 Å². The third-order valence-electron chi connectivity index (χ3n) is 9.30. The van der Waals surface area contributed by atoms with E-state index in [-0.39, 0.29) is 0 Å². The summed E-state index contributed by atoms with van der Waals surface area (Å²) in [5, 5.41) is 7.77. The third kappa shape index (κ3) is 5.01. The highest BCUT2D eigenvalue weighted by Crippen LogP contribution is 2.37. The monoisotopic (exact) mass is 610 g/mol. The molecule has 0 aliphatic carbocycles. The fourth-order valence-electron chi connectivity index (χ4n) is 6.84. The maximum Gasteiger partial charge on any atom is 0.160 e. The molecule has 224 valence electrons. The van der Waals surface area contributed by atoms with E-state index in [4.69, 9.17) is 9.97 Å². The van der Waals surface area contributed by atoms with Crippen molar-refractivity contribution in [3.8, 4) is 56.2 Å². The molecule has 0 fully saturated rings. The van der Waals surface area contributed by atoms with Gasteiger partial charge in [-0.25, -0.2) is 9.97 Å². The first kappa shape index (κ1) is 27.9. The number of benzene rings is 8. The van der Waals surface area contributed by atoms with Crippen LogP contribution in [0.5, 0.6) is 0 Å². The van der Waals surface area contributed by atoms with Crippen LogP contribution in [0.15, 0.2) is 182 Å². The number of fused-ring (bicyclic) bond motifs is 6. The molecule has 0 N–H and O–H groups in total. The van der Waals surface area contributed by atoms with Crippen LogP contribution in [0.4, 0.5) is 0 Å². The van der Waals surface area contributed by atoms with Crippen molar-refractivity contribution in [1.29, 1.82) is 0 Å². The summed E-state index contributed by atoms with van der Waals surface area (Å²) in [5.74, 6) is 0.724. The van der Waals surface area contributed by atoms with Gasteiger partial charge in [0.1, 0.15) is 0 Å². The lowest BCUT2D eigenvalue weighted by atomic mass is 9.92. The SMILES string of the molecule is c1ccc(-c2cc(-c3ccc(-c4ccc(-c5ccc6c7ccccc7c7ccccc7c6c5)cc4)cc3)nc(-c3ccccc3)n2)cc1. The molecule has 48 heavy (non-hydrogen) atoms. The van der Waals surface area contributed by atoms with E-state index >= 15 is 0 Å². The zero-order valence-corrected chi connectivity index (χ0v) is 26.2. The summed E-state index contributed by atoms with van der Waals surface area (Å²) in [6, 6.07) is 64.5. The number of hydrogen-bond donors (Lipinski definition) is 0. The summed E-state index contributed by atoms with van der Waals surface area (Å²) < 4.78 is 0. The first-order valence-electron chi connectivity index (χ1n) is 16.3. The Balaban J connectivity index is 1.05. The molecule has 0 amide bonds. The lowest BCUT2D eigenvalue weighted by molar-refractivity contribution is 1.18. The molecule has 0 spiro atoms. The fourth-order valence-corrected chi connectivity index (χ4v) is 6.84. The molecule has 0 atom stereocenters. The van der Waals surface area contributed by atoms with E-state index in [0.717, 1.165) is 33.9 Å². The minimum atomic E-state index is 0.724. The standard InChI is InChI=1S/C46H30N2/c1-3-11-34(12-4-1)44-30-45(48-46(47-44)36-13-5-2-6-14-36)35-25-23-32(24-26-35)31-19-21-33(22-20-31)37-27-28-42-40-17-8-7-15-38(40)39-16-9-10-18-41(39)43(42)29-37/h1-30H. The summed E-state index contributed by atoms with van der Waals surface area (Å²) in [5.41, 5.74) is 9.72. The van der Waals surface area contributed by atoms with Crippen LogP contribution in [0.2, 0.25) is 0 Å². The normalized spacial score (nSPS) is 11.3. The van der Waals surface area contributed by atoms with Crippen molar-refractivity contribution in [2.75, 3.05) is 0 Å². The van der Waals surface area contributed by atoms with E-state index in [1.54, 1.807) is 0 Å². The van der Waals surface area contributed by atoms with Crippen molar-refractivity contribution >= 4 is 32.3 Å².